The third-order valence-corrected chi connectivity index (χ3v) is 5.76. The summed E-state index contributed by atoms with van der Waals surface area (Å²) < 4.78 is 0. The van der Waals surface area contributed by atoms with E-state index in [0.717, 1.165) is 11.3 Å². The Bertz CT molecular complexity index is 837. The largest absolute Gasteiger partial charge is 0.323 e. The number of carbonyl (C=O) groups is 2. The van der Waals surface area contributed by atoms with Gasteiger partial charge < -0.3 is 5.32 Å². The van der Waals surface area contributed by atoms with Crippen LogP contribution in [0, 0.1) is 0 Å². The highest BCUT2D eigenvalue weighted by Gasteiger charge is 2.58. The van der Waals surface area contributed by atoms with E-state index in [-0.39, 0.29) is 17.6 Å². The number of amides is 2. The molecule has 2 aromatic rings. The predicted octanol–water partition coefficient (Wildman–Crippen LogP) is 3.88. The first-order valence-corrected chi connectivity index (χ1v) is 8.60. The topological polar surface area (TPSA) is 49.4 Å². The SMILES string of the molecule is O=C1CS[C@]2(C(=O)Nc3ccccc32)N1c1cc(Cl)cc(Cl)c1. The molecule has 2 aliphatic heterocycles. The van der Waals surface area contributed by atoms with E-state index in [9.17, 15) is 9.59 Å². The molecule has 116 valence electrons. The third-order valence-electron chi connectivity index (χ3n) is 3.92. The van der Waals surface area contributed by atoms with E-state index in [2.05, 4.69) is 5.32 Å². The molecule has 2 amide bonds. The van der Waals surface area contributed by atoms with Crippen molar-refractivity contribution >= 4 is 58.2 Å². The molecule has 1 atom stereocenters. The summed E-state index contributed by atoms with van der Waals surface area (Å²) in [5, 5.41) is 3.69. The highest BCUT2D eigenvalue weighted by molar-refractivity contribution is 8.02. The molecule has 2 aromatic carbocycles. The Kier molecular flexibility index (Phi) is 3.34. The third kappa shape index (κ3) is 2.07. The molecule has 4 nitrogen and oxygen atoms in total. The molecule has 0 aliphatic carbocycles. The maximum atomic E-state index is 12.8. The van der Waals surface area contributed by atoms with Crippen molar-refractivity contribution < 1.29 is 9.59 Å². The summed E-state index contributed by atoms with van der Waals surface area (Å²) in [6, 6.07) is 12.3. The number of hydrogen-bond acceptors (Lipinski definition) is 3. The summed E-state index contributed by atoms with van der Waals surface area (Å²) in [7, 11) is 0. The summed E-state index contributed by atoms with van der Waals surface area (Å²) in [4.78, 5) is 25.7. The van der Waals surface area contributed by atoms with E-state index in [1.807, 2.05) is 24.3 Å². The molecule has 7 heteroatoms. The Labute approximate surface area is 146 Å². The molecule has 0 unspecified atom stereocenters. The first-order valence-electron chi connectivity index (χ1n) is 6.86. The number of halogens is 2. The summed E-state index contributed by atoms with van der Waals surface area (Å²) in [5.41, 5.74) is 2.01. The minimum atomic E-state index is -1.11. The van der Waals surface area contributed by atoms with Crippen molar-refractivity contribution in [2.45, 2.75) is 4.87 Å². The predicted molar refractivity (Wildman–Crippen MR) is 93.2 cm³/mol. The average molecular weight is 365 g/mol. The monoisotopic (exact) mass is 364 g/mol. The van der Waals surface area contributed by atoms with Gasteiger partial charge in [0.25, 0.3) is 5.91 Å². The van der Waals surface area contributed by atoms with Gasteiger partial charge in [-0.3, -0.25) is 14.5 Å². The van der Waals surface area contributed by atoms with Gasteiger partial charge in [-0.25, -0.2) is 0 Å². The number of nitrogens with one attached hydrogen (secondary N) is 1. The number of fused-ring (bicyclic) bond motifs is 2. The molecule has 4 rings (SSSR count). The van der Waals surface area contributed by atoms with Crippen LogP contribution in [0.1, 0.15) is 5.56 Å². The lowest BCUT2D eigenvalue weighted by molar-refractivity contribution is -0.122. The molecule has 0 bridgehead atoms. The van der Waals surface area contributed by atoms with Gasteiger partial charge in [0.1, 0.15) is 0 Å². The lowest BCUT2D eigenvalue weighted by Crippen LogP contribution is -2.47. The summed E-state index contributed by atoms with van der Waals surface area (Å²) >= 11 is 13.5. The van der Waals surface area contributed by atoms with Crippen molar-refractivity contribution in [2.24, 2.45) is 0 Å². The fourth-order valence-corrected chi connectivity index (χ4v) is 4.88. The van der Waals surface area contributed by atoms with E-state index in [1.165, 1.54) is 16.7 Å². The molecule has 1 fully saturated rings. The van der Waals surface area contributed by atoms with Crippen molar-refractivity contribution in [3.05, 3.63) is 58.1 Å². The number of para-hydroxylation sites is 1. The maximum Gasteiger partial charge on any atom is 0.266 e. The molecule has 2 aliphatic rings. The van der Waals surface area contributed by atoms with E-state index in [4.69, 9.17) is 23.2 Å². The normalized spacial score (nSPS) is 22.6. The van der Waals surface area contributed by atoms with Crippen LogP contribution in [-0.4, -0.2) is 17.6 Å². The minimum Gasteiger partial charge on any atom is -0.323 e. The van der Waals surface area contributed by atoms with E-state index in [1.54, 1.807) is 18.2 Å². The first-order chi connectivity index (χ1) is 11.0. The van der Waals surface area contributed by atoms with Crippen molar-refractivity contribution in [1.82, 2.24) is 0 Å². The van der Waals surface area contributed by atoms with Crippen LogP contribution in [-0.2, 0) is 14.5 Å². The van der Waals surface area contributed by atoms with Gasteiger partial charge in [0, 0.05) is 27.0 Å². The zero-order valence-corrected chi connectivity index (χ0v) is 14.0. The second-order valence-electron chi connectivity index (χ2n) is 5.29. The molecule has 1 saturated heterocycles. The zero-order valence-electron chi connectivity index (χ0n) is 11.7. The fraction of sp³-hybridized carbons (Fsp3) is 0.125. The van der Waals surface area contributed by atoms with Crippen LogP contribution in [0.3, 0.4) is 0 Å². The smallest absolute Gasteiger partial charge is 0.266 e. The Morgan fingerprint density at radius 2 is 1.78 bits per heavy atom. The second-order valence-corrected chi connectivity index (χ2v) is 7.33. The number of nitrogens with zero attached hydrogens (tertiary/aromatic N) is 1. The van der Waals surface area contributed by atoms with Gasteiger partial charge in [-0.05, 0) is 24.3 Å². The van der Waals surface area contributed by atoms with Gasteiger partial charge in [-0.2, -0.15) is 0 Å². The summed E-state index contributed by atoms with van der Waals surface area (Å²) in [5.74, 6) is -0.169. The molecular formula is C16H10Cl2N2O2S. The second kappa shape index (κ2) is 5.16. The number of carbonyl (C=O) groups excluding carboxylic acids is 2. The van der Waals surface area contributed by atoms with E-state index >= 15 is 0 Å². The van der Waals surface area contributed by atoms with Crippen LogP contribution in [0.4, 0.5) is 11.4 Å². The lowest BCUT2D eigenvalue weighted by atomic mass is 10.0. The van der Waals surface area contributed by atoms with Crippen LogP contribution < -0.4 is 10.2 Å². The summed E-state index contributed by atoms with van der Waals surface area (Å²) in [6.07, 6.45) is 0. The van der Waals surface area contributed by atoms with Gasteiger partial charge in [0.15, 0.2) is 0 Å². The molecular weight excluding hydrogens is 355 g/mol. The van der Waals surface area contributed by atoms with Crippen molar-refractivity contribution in [3.8, 4) is 0 Å². The zero-order chi connectivity index (χ0) is 16.2. The number of thioether (sulfide) groups is 1. The maximum absolute atomic E-state index is 12.8. The Balaban J connectivity index is 1.95. The average Bonchev–Trinajstić information content (AvgIpc) is 2.98. The molecule has 0 saturated carbocycles. The molecule has 1 N–H and O–H groups in total. The number of benzene rings is 2. The van der Waals surface area contributed by atoms with Crippen molar-refractivity contribution in [2.75, 3.05) is 16.0 Å². The molecule has 0 radical (unpaired) electrons. The van der Waals surface area contributed by atoms with Crippen LogP contribution >= 0.6 is 35.0 Å². The van der Waals surface area contributed by atoms with Gasteiger partial charge in [0.05, 0.1) is 5.75 Å². The van der Waals surface area contributed by atoms with Gasteiger partial charge in [-0.1, -0.05) is 41.4 Å². The Morgan fingerprint density at radius 1 is 1.09 bits per heavy atom. The van der Waals surface area contributed by atoms with Gasteiger partial charge >= 0.3 is 0 Å². The van der Waals surface area contributed by atoms with Gasteiger partial charge in [0.2, 0.25) is 10.8 Å². The lowest BCUT2D eigenvalue weighted by Gasteiger charge is -2.32. The molecule has 23 heavy (non-hydrogen) atoms. The van der Waals surface area contributed by atoms with Crippen LogP contribution in [0.5, 0.6) is 0 Å². The number of hydrogen-bond donors (Lipinski definition) is 1. The van der Waals surface area contributed by atoms with Crippen molar-refractivity contribution in [3.63, 3.8) is 0 Å². The van der Waals surface area contributed by atoms with E-state index < -0.39 is 4.87 Å². The Morgan fingerprint density at radius 3 is 2.52 bits per heavy atom. The molecule has 2 heterocycles. The van der Waals surface area contributed by atoms with Gasteiger partial charge in [-0.15, -0.1) is 11.8 Å². The number of anilines is 2. The van der Waals surface area contributed by atoms with Crippen LogP contribution in [0.2, 0.25) is 10.0 Å². The molecule has 0 aromatic heterocycles. The molecule has 1 spiro atoms. The highest BCUT2D eigenvalue weighted by Crippen LogP contribution is 2.53. The quantitative estimate of drug-likeness (QED) is 0.835. The standard InChI is InChI=1S/C16H10Cl2N2O2S/c17-9-5-10(18)7-11(6-9)20-14(21)8-23-16(20)12-3-1-2-4-13(12)19-15(16)22/h1-7H,8H2,(H,19,22)/t16-/m1/s1. The van der Waals surface area contributed by atoms with Crippen LogP contribution in [0.15, 0.2) is 42.5 Å². The highest BCUT2D eigenvalue weighted by atomic mass is 35.5. The Hall–Kier alpha value is -1.69. The summed E-state index contributed by atoms with van der Waals surface area (Å²) in [6.45, 7) is 0. The first kappa shape index (κ1) is 14.9. The van der Waals surface area contributed by atoms with Crippen LogP contribution in [0.25, 0.3) is 0 Å². The van der Waals surface area contributed by atoms with Crippen molar-refractivity contribution in [1.29, 1.82) is 0 Å². The number of rotatable bonds is 1. The van der Waals surface area contributed by atoms with E-state index in [0.29, 0.717) is 15.7 Å². The fourth-order valence-electron chi connectivity index (χ4n) is 3.05. The minimum absolute atomic E-state index is 0.153.